The van der Waals surface area contributed by atoms with Gasteiger partial charge in [0.05, 0.1) is 29.1 Å². The molecule has 0 fully saturated rings. The van der Waals surface area contributed by atoms with Crippen LogP contribution < -0.4 is 0 Å². The highest BCUT2D eigenvalue weighted by Gasteiger charge is 2.23. The molecule has 5 nitrogen and oxygen atoms in total. The summed E-state index contributed by atoms with van der Waals surface area (Å²) < 4.78 is 23.8. The van der Waals surface area contributed by atoms with Crippen molar-refractivity contribution in [2.75, 3.05) is 0 Å². The second-order valence-corrected chi connectivity index (χ2v) is 6.45. The lowest BCUT2D eigenvalue weighted by molar-refractivity contribution is -0.136. The Balaban J connectivity index is 2.89. The average molecular weight is 267 g/mol. The van der Waals surface area contributed by atoms with Gasteiger partial charge in [0.2, 0.25) is 0 Å². The number of rotatable bonds is 5. The molecule has 0 aliphatic carbocycles. The van der Waals surface area contributed by atoms with Crippen LogP contribution in [0.5, 0.6) is 0 Å². The molecule has 96 valence electrons. The lowest BCUT2D eigenvalue weighted by Gasteiger charge is -2.10. The van der Waals surface area contributed by atoms with E-state index in [9.17, 15) is 13.2 Å². The smallest absolute Gasteiger partial charge is 0.304 e. The Kier molecular flexibility index (Phi) is 4.45. The number of carboxylic acids is 1. The normalized spacial score (nSPS) is 12.7. The molecule has 0 saturated carbocycles. The fourth-order valence-corrected chi connectivity index (χ4v) is 2.80. The number of carbonyl (C=O) groups is 1. The zero-order valence-corrected chi connectivity index (χ0v) is 10.6. The monoisotopic (exact) mass is 267 g/mol. The van der Waals surface area contributed by atoms with Gasteiger partial charge in [-0.1, -0.05) is 12.1 Å². The number of benzene rings is 1. The first kappa shape index (κ1) is 14.2. The Bertz CT molecular complexity index is 586. The molecular weight excluding hydrogens is 254 g/mol. The number of hydrogen-bond donors (Lipinski definition) is 1. The Labute approximate surface area is 106 Å². The van der Waals surface area contributed by atoms with Crippen molar-refractivity contribution in [2.24, 2.45) is 0 Å². The summed E-state index contributed by atoms with van der Waals surface area (Å²) in [6, 6.07) is 8.20. The molecule has 0 saturated heterocycles. The molecule has 1 atom stereocenters. The topological polar surface area (TPSA) is 95.2 Å². The average Bonchev–Trinajstić information content (AvgIpc) is 2.27. The van der Waals surface area contributed by atoms with Crippen LogP contribution in [0.4, 0.5) is 0 Å². The first-order valence-corrected chi connectivity index (χ1v) is 6.99. The Hall–Kier alpha value is -1.87. The van der Waals surface area contributed by atoms with Crippen molar-refractivity contribution in [1.29, 1.82) is 5.26 Å². The van der Waals surface area contributed by atoms with Gasteiger partial charge >= 0.3 is 5.97 Å². The first-order chi connectivity index (χ1) is 8.35. The van der Waals surface area contributed by atoms with Gasteiger partial charge in [0.15, 0.2) is 9.84 Å². The zero-order valence-electron chi connectivity index (χ0n) is 9.83. The second-order valence-electron chi connectivity index (χ2n) is 4.03. The first-order valence-electron chi connectivity index (χ1n) is 5.27. The van der Waals surface area contributed by atoms with Crippen molar-refractivity contribution >= 4 is 15.8 Å². The summed E-state index contributed by atoms with van der Waals surface area (Å²) in [7, 11) is -3.52. The minimum Gasteiger partial charge on any atom is -0.481 e. The van der Waals surface area contributed by atoms with Gasteiger partial charge in [0.25, 0.3) is 0 Å². The number of carboxylic acid groups (broad SMARTS) is 1. The van der Waals surface area contributed by atoms with Crippen LogP contribution in [0.1, 0.15) is 24.5 Å². The van der Waals surface area contributed by atoms with E-state index in [1.54, 1.807) is 18.2 Å². The number of nitrogens with zero attached hydrogens (tertiary/aromatic N) is 1. The standard InChI is InChI=1S/C12H13NO4S/c1-9(5-12(14)15)18(16,17)8-11-4-2-3-10(6-11)7-13/h2-4,6,9H,5,8H2,1H3,(H,14,15). The molecule has 0 aromatic heterocycles. The van der Waals surface area contributed by atoms with Gasteiger partial charge in [-0.2, -0.15) is 5.26 Å². The quantitative estimate of drug-likeness (QED) is 0.868. The van der Waals surface area contributed by atoms with Crippen LogP contribution in [0, 0.1) is 11.3 Å². The van der Waals surface area contributed by atoms with E-state index >= 15 is 0 Å². The van der Waals surface area contributed by atoms with Crippen molar-refractivity contribution in [3.8, 4) is 6.07 Å². The van der Waals surface area contributed by atoms with E-state index in [-0.39, 0.29) is 5.75 Å². The molecule has 1 aromatic rings. The minimum atomic E-state index is -3.52. The van der Waals surface area contributed by atoms with E-state index < -0.39 is 27.5 Å². The van der Waals surface area contributed by atoms with E-state index in [2.05, 4.69) is 0 Å². The van der Waals surface area contributed by atoms with E-state index in [1.165, 1.54) is 13.0 Å². The van der Waals surface area contributed by atoms with E-state index in [4.69, 9.17) is 10.4 Å². The van der Waals surface area contributed by atoms with Crippen LogP contribution in [0.2, 0.25) is 0 Å². The largest absolute Gasteiger partial charge is 0.481 e. The SMILES string of the molecule is CC(CC(=O)O)S(=O)(=O)Cc1cccc(C#N)c1. The zero-order chi connectivity index (χ0) is 13.8. The van der Waals surface area contributed by atoms with Crippen LogP contribution >= 0.6 is 0 Å². The highest BCUT2D eigenvalue weighted by Crippen LogP contribution is 2.14. The minimum absolute atomic E-state index is 0.253. The van der Waals surface area contributed by atoms with Gasteiger partial charge in [0.1, 0.15) is 0 Å². The predicted molar refractivity (Wildman–Crippen MR) is 65.5 cm³/mol. The highest BCUT2D eigenvalue weighted by molar-refractivity contribution is 7.91. The third kappa shape index (κ3) is 3.86. The van der Waals surface area contributed by atoms with Crippen molar-refractivity contribution < 1.29 is 18.3 Å². The lowest BCUT2D eigenvalue weighted by Crippen LogP contribution is -2.22. The van der Waals surface area contributed by atoms with E-state index in [0.717, 1.165) is 0 Å². The molecule has 0 amide bonds. The summed E-state index contributed by atoms with van der Waals surface area (Å²) in [5.41, 5.74) is 0.875. The second kappa shape index (κ2) is 5.65. The van der Waals surface area contributed by atoms with Crippen molar-refractivity contribution in [2.45, 2.75) is 24.3 Å². The highest BCUT2D eigenvalue weighted by atomic mass is 32.2. The Morgan fingerprint density at radius 2 is 2.17 bits per heavy atom. The van der Waals surface area contributed by atoms with Crippen molar-refractivity contribution in [1.82, 2.24) is 0 Å². The fraction of sp³-hybridized carbons (Fsp3) is 0.333. The Morgan fingerprint density at radius 1 is 1.50 bits per heavy atom. The maximum atomic E-state index is 11.9. The third-order valence-corrected chi connectivity index (χ3v) is 4.63. The summed E-state index contributed by atoms with van der Waals surface area (Å²) in [5.74, 6) is -1.39. The molecule has 1 unspecified atom stereocenters. The molecule has 18 heavy (non-hydrogen) atoms. The van der Waals surface area contributed by atoms with E-state index in [1.807, 2.05) is 6.07 Å². The molecule has 1 rings (SSSR count). The van der Waals surface area contributed by atoms with Crippen LogP contribution in [0.3, 0.4) is 0 Å². The molecular formula is C12H13NO4S. The number of hydrogen-bond acceptors (Lipinski definition) is 4. The van der Waals surface area contributed by atoms with Gasteiger partial charge < -0.3 is 5.11 Å². The number of aliphatic carboxylic acids is 1. The summed E-state index contributed by atoms with van der Waals surface area (Å²) in [6.07, 6.45) is -0.416. The van der Waals surface area contributed by atoms with Gasteiger partial charge in [-0.25, -0.2) is 8.42 Å². The molecule has 1 N–H and O–H groups in total. The maximum absolute atomic E-state index is 11.9. The Morgan fingerprint density at radius 3 is 2.72 bits per heavy atom. The van der Waals surface area contributed by atoms with E-state index in [0.29, 0.717) is 11.1 Å². The van der Waals surface area contributed by atoms with Crippen LogP contribution in [-0.2, 0) is 20.4 Å². The third-order valence-electron chi connectivity index (χ3n) is 2.50. The van der Waals surface area contributed by atoms with Crippen molar-refractivity contribution in [3.05, 3.63) is 35.4 Å². The molecule has 0 bridgehead atoms. The number of sulfone groups is 1. The molecule has 6 heteroatoms. The lowest BCUT2D eigenvalue weighted by atomic mass is 10.2. The van der Waals surface area contributed by atoms with Crippen molar-refractivity contribution in [3.63, 3.8) is 0 Å². The summed E-state index contributed by atoms with van der Waals surface area (Å²) >= 11 is 0. The van der Waals surface area contributed by atoms with Gasteiger partial charge in [0, 0.05) is 0 Å². The molecule has 0 spiro atoms. The number of nitriles is 1. The summed E-state index contributed by atoms with van der Waals surface area (Å²) in [4.78, 5) is 10.5. The summed E-state index contributed by atoms with van der Waals surface area (Å²) in [5, 5.41) is 16.4. The van der Waals surface area contributed by atoms with Crippen LogP contribution in [0.15, 0.2) is 24.3 Å². The molecule has 1 aromatic carbocycles. The predicted octanol–water partition coefficient (Wildman–Crippen LogP) is 1.34. The van der Waals surface area contributed by atoms with Crippen LogP contribution in [-0.4, -0.2) is 24.7 Å². The summed E-state index contributed by atoms with van der Waals surface area (Å²) in [6.45, 7) is 1.37. The molecule has 0 aliphatic heterocycles. The molecule has 0 heterocycles. The van der Waals surface area contributed by atoms with Crippen LogP contribution in [0.25, 0.3) is 0 Å². The maximum Gasteiger partial charge on any atom is 0.304 e. The molecule has 0 aliphatic rings. The fourth-order valence-electron chi connectivity index (χ4n) is 1.48. The van der Waals surface area contributed by atoms with Gasteiger partial charge in [-0.05, 0) is 24.6 Å². The van der Waals surface area contributed by atoms with Gasteiger partial charge in [-0.15, -0.1) is 0 Å². The molecule has 0 radical (unpaired) electrons. The van der Waals surface area contributed by atoms with Gasteiger partial charge in [-0.3, -0.25) is 4.79 Å².